The number of nitrogens with zero attached hydrogens (tertiary/aromatic N) is 2. The molecule has 1 aromatic carbocycles. The quantitative estimate of drug-likeness (QED) is 0.936. The van der Waals surface area contributed by atoms with Gasteiger partial charge in [-0.05, 0) is 30.9 Å². The summed E-state index contributed by atoms with van der Waals surface area (Å²) in [6.07, 6.45) is 1.25. The summed E-state index contributed by atoms with van der Waals surface area (Å²) in [6, 6.07) is 8.28. The Morgan fingerprint density at radius 1 is 1.43 bits per heavy atom. The molecule has 0 bridgehead atoms. The van der Waals surface area contributed by atoms with Crippen molar-refractivity contribution in [3.8, 4) is 0 Å². The van der Waals surface area contributed by atoms with Crippen molar-refractivity contribution in [1.29, 1.82) is 0 Å². The lowest BCUT2D eigenvalue weighted by atomic mass is 10.1. The normalized spacial score (nSPS) is 18.3. The third-order valence-electron chi connectivity index (χ3n) is 4.38. The molecule has 2 atom stereocenters. The second-order valence-corrected chi connectivity index (χ2v) is 7.46. The minimum absolute atomic E-state index is 0.0599. The van der Waals surface area contributed by atoms with Gasteiger partial charge in [0.05, 0.1) is 18.2 Å². The lowest BCUT2D eigenvalue weighted by molar-refractivity contribution is -0.118. The van der Waals surface area contributed by atoms with Crippen LogP contribution in [0.4, 0.5) is 5.69 Å². The van der Waals surface area contributed by atoms with Crippen molar-refractivity contribution in [2.75, 3.05) is 4.90 Å². The van der Waals surface area contributed by atoms with Crippen molar-refractivity contribution >= 4 is 22.9 Å². The number of para-hydroxylation sites is 1. The Hall–Kier alpha value is -1.72. The number of benzene rings is 1. The average molecular weight is 329 g/mol. The first kappa shape index (κ1) is 16.1. The van der Waals surface area contributed by atoms with Crippen LogP contribution in [0.5, 0.6) is 0 Å². The minimum Gasteiger partial charge on any atom is -0.322 e. The van der Waals surface area contributed by atoms with Gasteiger partial charge < -0.3 is 10.6 Å². The molecule has 4 nitrogen and oxygen atoms in total. The maximum atomic E-state index is 12.8. The molecular formula is C18H23N3OS. The van der Waals surface area contributed by atoms with Crippen molar-refractivity contribution in [2.24, 2.45) is 11.7 Å². The first-order chi connectivity index (χ1) is 11.0. The highest BCUT2D eigenvalue weighted by Gasteiger charge is 2.30. The van der Waals surface area contributed by atoms with Crippen molar-refractivity contribution < 1.29 is 4.79 Å². The highest BCUT2D eigenvalue weighted by molar-refractivity contribution is 7.09. The number of anilines is 1. The number of rotatable bonds is 4. The lowest BCUT2D eigenvalue weighted by Gasteiger charge is -2.22. The second kappa shape index (κ2) is 6.42. The third-order valence-corrected chi connectivity index (χ3v) is 5.38. The second-order valence-electron chi connectivity index (χ2n) is 6.57. The summed E-state index contributed by atoms with van der Waals surface area (Å²) in [4.78, 5) is 19.2. The molecule has 0 aliphatic carbocycles. The number of amides is 1. The monoisotopic (exact) mass is 329 g/mol. The number of thiazole rings is 1. The number of hydrogen-bond donors (Lipinski definition) is 1. The molecule has 0 fully saturated rings. The molecule has 3 rings (SSSR count). The molecule has 2 aromatic rings. The van der Waals surface area contributed by atoms with E-state index in [1.807, 2.05) is 28.5 Å². The van der Waals surface area contributed by atoms with Gasteiger partial charge in [-0.25, -0.2) is 4.98 Å². The predicted octanol–water partition coefficient (Wildman–Crippen LogP) is 3.32. The lowest BCUT2D eigenvalue weighted by Crippen LogP contribution is -2.36. The smallest absolute Gasteiger partial charge is 0.233 e. The largest absolute Gasteiger partial charge is 0.322 e. The van der Waals surface area contributed by atoms with Gasteiger partial charge >= 0.3 is 0 Å². The molecule has 0 radical (unpaired) electrons. The molecule has 1 aromatic heterocycles. The number of carbonyl (C=O) groups is 1. The van der Waals surface area contributed by atoms with Crippen LogP contribution in [0.1, 0.15) is 43.1 Å². The van der Waals surface area contributed by atoms with E-state index < -0.39 is 0 Å². The zero-order valence-corrected chi connectivity index (χ0v) is 14.6. The van der Waals surface area contributed by atoms with Gasteiger partial charge in [0, 0.05) is 17.1 Å². The van der Waals surface area contributed by atoms with E-state index in [0.29, 0.717) is 12.3 Å². The number of fused-ring (bicyclic) bond motifs is 1. The Kier molecular flexibility index (Phi) is 4.50. The average Bonchev–Trinajstić information content (AvgIpc) is 3.09. The number of nitrogens with two attached hydrogens (primary N) is 1. The van der Waals surface area contributed by atoms with Crippen molar-refractivity contribution in [2.45, 2.75) is 45.7 Å². The molecule has 1 amide bonds. The molecule has 23 heavy (non-hydrogen) atoms. The number of carbonyl (C=O) groups excluding carboxylic acids is 1. The summed E-state index contributed by atoms with van der Waals surface area (Å²) in [6.45, 7) is 6.26. The Morgan fingerprint density at radius 2 is 2.17 bits per heavy atom. The van der Waals surface area contributed by atoms with Crippen LogP contribution in [0.25, 0.3) is 0 Å². The van der Waals surface area contributed by atoms with Gasteiger partial charge in [0.1, 0.15) is 5.01 Å². The summed E-state index contributed by atoms with van der Waals surface area (Å²) in [5, 5.41) is 2.87. The van der Waals surface area contributed by atoms with Gasteiger partial charge in [-0.15, -0.1) is 11.3 Å². The van der Waals surface area contributed by atoms with Crippen molar-refractivity contribution in [1.82, 2.24) is 4.98 Å². The Morgan fingerprint density at radius 3 is 2.91 bits per heavy atom. The van der Waals surface area contributed by atoms with E-state index in [1.54, 1.807) is 11.3 Å². The van der Waals surface area contributed by atoms with Gasteiger partial charge in [-0.2, -0.15) is 0 Å². The SMILES string of the molecule is CC(C)C(N)c1nc(CC(=O)N2c3ccccc3CC2C)cs1. The van der Waals surface area contributed by atoms with E-state index in [1.165, 1.54) is 5.56 Å². The molecule has 5 heteroatoms. The number of hydrogen-bond acceptors (Lipinski definition) is 4. The Balaban J connectivity index is 1.75. The Labute approximate surface area is 141 Å². The standard InChI is InChI=1S/C18H23N3OS/c1-11(2)17(19)18-20-14(10-23-18)9-16(22)21-12(3)8-13-6-4-5-7-15(13)21/h4-7,10-12,17H,8-9,19H2,1-3H3. The van der Waals surface area contributed by atoms with Gasteiger partial charge in [0.15, 0.2) is 0 Å². The highest BCUT2D eigenvalue weighted by atomic mass is 32.1. The fourth-order valence-corrected chi connectivity index (χ4v) is 4.02. The topological polar surface area (TPSA) is 59.2 Å². The molecular weight excluding hydrogens is 306 g/mol. The maximum Gasteiger partial charge on any atom is 0.233 e. The van der Waals surface area contributed by atoms with Crippen LogP contribution >= 0.6 is 11.3 Å². The first-order valence-corrected chi connectivity index (χ1v) is 8.95. The van der Waals surface area contributed by atoms with Gasteiger partial charge in [-0.3, -0.25) is 4.79 Å². The van der Waals surface area contributed by atoms with E-state index in [4.69, 9.17) is 5.73 Å². The molecule has 1 aliphatic rings. The first-order valence-electron chi connectivity index (χ1n) is 8.07. The van der Waals surface area contributed by atoms with E-state index in [9.17, 15) is 4.79 Å². The minimum atomic E-state index is -0.0599. The van der Waals surface area contributed by atoms with Crippen LogP contribution in [0.2, 0.25) is 0 Å². The van der Waals surface area contributed by atoms with Crippen LogP contribution in [-0.2, 0) is 17.6 Å². The Bertz CT molecular complexity index is 710. The van der Waals surface area contributed by atoms with E-state index >= 15 is 0 Å². The third kappa shape index (κ3) is 3.16. The molecule has 2 unspecified atom stereocenters. The van der Waals surface area contributed by atoms with E-state index in [-0.39, 0.29) is 18.0 Å². The fourth-order valence-electron chi connectivity index (χ4n) is 3.03. The zero-order chi connectivity index (χ0) is 16.6. The number of aromatic nitrogens is 1. The molecule has 1 aliphatic heterocycles. The maximum absolute atomic E-state index is 12.8. The van der Waals surface area contributed by atoms with Crippen LogP contribution in [-0.4, -0.2) is 16.9 Å². The molecule has 0 saturated carbocycles. The van der Waals surface area contributed by atoms with Crippen molar-refractivity contribution in [3.05, 3.63) is 45.9 Å². The van der Waals surface area contributed by atoms with Crippen LogP contribution in [0.3, 0.4) is 0 Å². The van der Waals surface area contributed by atoms with Crippen molar-refractivity contribution in [3.63, 3.8) is 0 Å². The van der Waals surface area contributed by atoms with E-state index in [0.717, 1.165) is 22.8 Å². The molecule has 2 heterocycles. The van der Waals surface area contributed by atoms with Gasteiger partial charge in [0.25, 0.3) is 0 Å². The summed E-state index contributed by atoms with van der Waals surface area (Å²) >= 11 is 1.55. The van der Waals surface area contributed by atoms with Crippen LogP contribution in [0.15, 0.2) is 29.6 Å². The molecule has 0 spiro atoms. The predicted molar refractivity (Wildman–Crippen MR) is 94.7 cm³/mol. The highest BCUT2D eigenvalue weighted by Crippen LogP contribution is 2.32. The van der Waals surface area contributed by atoms with Crippen LogP contribution in [0, 0.1) is 5.92 Å². The summed E-state index contributed by atoms with van der Waals surface area (Å²) in [5.41, 5.74) is 9.25. The van der Waals surface area contributed by atoms with Gasteiger partial charge in [0.2, 0.25) is 5.91 Å². The molecule has 0 saturated heterocycles. The summed E-state index contributed by atoms with van der Waals surface area (Å²) < 4.78 is 0. The summed E-state index contributed by atoms with van der Waals surface area (Å²) in [7, 11) is 0. The fraction of sp³-hybridized carbons (Fsp3) is 0.444. The molecule has 2 N–H and O–H groups in total. The van der Waals surface area contributed by atoms with E-state index in [2.05, 4.69) is 31.8 Å². The zero-order valence-electron chi connectivity index (χ0n) is 13.8. The summed E-state index contributed by atoms with van der Waals surface area (Å²) in [5.74, 6) is 0.451. The van der Waals surface area contributed by atoms with Gasteiger partial charge in [-0.1, -0.05) is 32.0 Å². The van der Waals surface area contributed by atoms with Crippen LogP contribution < -0.4 is 10.6 Å². The molecule has 122 valence electrons.